The molecule has 1 aromatic heterocycles. The van der Waals surface area contributed by atoms with Gasteiger partial charge in [-0.25, -0.2) is 13.1 Å². The van der Waals surface area contributed by atoms with Crippen LogP contribution in [-0.4, -0.2) is 40.8 Å². The summed E-state index contributed by atoms with van der Waals surface area (Å²) in [6, 6.07) is 3.38. The van der Waals surface area contributed by atoms with Gasteiger partial charge in [-0.1, -0.05) is 6.07 Å². The van der Waals surface area contributed by atoms with E-state index in [1.807, 2.05) is 0 Å². The summed E-state index contributed by atoms with van der Waals surface area (Å²) in [5.74, 6) is 0. The van der Waals surface area contributed by atoms with E-state index in [9.17, 15) is 8.42 Å². The largest absolute Gasteiger partial charge is 0.378 e. The van der Waals surface area contributed by atoms with Crippen LogP contribution in [0.25, 0.3) is 0 Å². The Morgan fingerprint density at radius 2 is 2.50 bits per heavy atom. The van der Waals surface area contributed by atoms with Crippen LogP contribution < -0.4 is 10.0 Å². The van der Waals surface area contributed by atoms with Gasteiger partial charge in [-0.2, -0.15) is 0 Å². The summed E-state index contributed by atoms with van der Waals surface area (Å²) in [5.41, 5.74) is 0. The average molecular weight is 262 g/mol. The van der Waals surface area contributed by atoms with Crippen molar-refractivity contribution in [2.75, 3.05) is 26.3 Å². The highest BCUT2D eigenvalue weighted by Gasteiger charge is 2.19. The number of hydrogen-bond donors (Lipinski definition) is 2. The Morgan fingerprint density at radius 1 is 1.62 bits per heavy atom. The van der Waals surface area contributed by atoms with Crippen molar-refractivity contribution in [2.24, 2.45) is 0 Å². The van der Waals surface area contributed by atoms with Crippen LogP contribution in [0.4, 0.5) is 0 Å². The number of sulfonamides is 1. The average Bonchev–Trinajstić information content (AvgIpc) is 2.82. The van der Waals surface area contributed by atoms with Gasteiger partial charge in [0.2, 0.25) is 10.0 Å². The monoisotopic (exact) mass is 262 g/mol. The zero-order chi connectivity index (χ0) is 11.4. The Hall–Kier alpha value is -0.470. The molecule has 0 saturated carbocycles. The molecule has 2 N–H and O–H groups in total. The fraction of sp³-hybridized carbons (Fsp3) is 0.556. The lowest BCUT2D eigenvalue weighted by atomic mass is 10.3. The summed E-state index contributed by atoms with van der Waals surface area (Å²) in [6.07, 6.45) is 0. The third kappa shape index (κ3) is 3.02. The fourth-order valence-electron chi connectivity index (χ4n) is 1.45. The molecule has 0 amide bonds. The van der Waals surface area contributed by atoms with Crippen LogP contribution in [0.5, 0.6) is 0 Å². The van der Waals surface area contributed by atoms with E-state index in [1.54, 1.807) is 17.5 Å². The first-order valence-corrected chi connectivity index (χ1v) is 7.39. The van der Waals surface area contributed by atoms with E-state index in [4.69, 9.17) is 4.74 Å². The van der Waals surface area contributed by atoms with E-state index in [-0.39, 0.29) is 6.04 Å². The Balaban J connectivity index is 1.89. The molecule has 0 aliphatic carbocycles. The molecule has 16 heavy (non-hydrogen) atoms. The molecule has 1 aromatic rings. The molecule has 2 heterocycles. The first kappa shape index (κ1) is 12.0. The van der Waals surface area contributed by atoms with Crippen molar-refractivity contribution in [2.45, 2.75) is 10.3 Å². The van der Waals surface area contributed by atoms with E-state index < -0.39 is 10.0 Å². The lowest BCUT2D eigenvalue weighted by molar-refractivity contribution is 0.0784. The van der Waals surface area contributed by atoms with Crippen LogP contribution in [0, 0.1) is 0 Å². The summed E-state index contributed by atoms with van der Waals surface area (Å²) < 4.78 is 31.7. The first-order valence-electron chi connectivity index (χ1n) is 5.03. The molecule has 7 heteroatoms. The topological polar surface area (TPSA) is 67.4 Å². The third-order valence-corrected chi connectivity index (χ3v) is 5.10. The van der Waals surface area contributed by atoms with Crippen molar-refractivity contribution in [3.63, 3.8) is 0 Å². The fourth-order valence-corrected chi connectivity index (χ4v) is 3.57. The summed E-state index contributed by atoms with van der Waals surface area (Å²) in [4.78, 5) is 0. The molecule has 1 atom stereocenters. The normalized spacial score (nSPS) is 22.1. The van der Waals surface area contributed by atoms with Crippen molar-refractivity contribution >= 4 is 21.4 Å². The van der Waals surface area contributed by atoms with Gasteiger partial charge in [0.15, 0.2) is 0 Å². The third-order valence-electron chi connectivity index (χ3n) is 2.28. The second-order valence-corrected chi connectivity index (χ2v) is 6.45. The van der Waals surface area contributed by atoms with Gasteiger partial charge in [-0.15, -0.1) is 11.3 Å². The molecule has 5 nitrogen and oxygen atoms in total. The van der Waals surface area contributed by atoms with Gasteiger partial charge in [0.1, 0.15) is 4.21 Å². The van der Waals surface area contributed by atoms with Gasteiger partial charge in [0, 0.05) is 19.1 Å². The van der Waals surface area contributed by atoms with Crippen molar-refractivity contribution in [1.82, 2.24) is 10.0 Å². The summed E-state index contributed by atoms with van der Waals surface area (Å²) in [5, 5.41) is 4.93. The van der Waals surface area contributed by atoms with Crippen molar-refractivity contribution in [3.05, 3.63) is 17.5 Å². The highest BCUT2D eigenvalue weighted by atomic mass is 32.2. The number of morpholine rings is 1. The number of ether oxygens (including phenoxy) is 1. The van der Waals surface area contributed by atoms with Gasteiger partial charge in [-0.05, 0) is 11.4 Å². The standard InChI is InChI=1S/C9H14N2O3S2/c12-16(13,9-2-1-5-15-9)11-6-8-7-14-4-3-10-8/h1-2,5,8,10-11H,3-4,6-7H2. The molecule has 0 aromatic carbocycles. The van der Waals surface area contributed by atoms with Crippen molar-refractivity contribution < 1.29 is 13.2 Å². The molecule has 1 aliphatic heterocycles. The van der Waals surface area contributed by atoms with E-state index in [1.165, 1.54) is 11.3 Å². The first-order chi connectivity index (χ1) is 7.68. The van der Waals surface area contributed by atoms with Crippen LogP contribution in [0.1, 0.15) is 0 Å². The predicted molar refractivity (Wildman–Crippen MR) is 62.1 cm³/mol. The molecule has 1 unspecified atom stereocenters. The maximum absolute atomic E-state index is 11.8. The molecule has 90 valence electrons. The predicted octanol–water partition coefficient (Wildman–Crippen LogP) is 0.0148. The molecule has 2 rings (SSSR count). The van der Waals surface area contributed by atoms with Crippen molar-refractivity contribution in [3.8, 4) is 0 Å². The Kier molecular flexibility index (Phi) is 3.93. The van der Waals surface area contributed by atoms with Crippen LogP contribution in [0.15, 0.2) is 21.7 Å². The Labute approximate surface area is 98.9 Å². The van der Waals surface area contributed by atoms with Crippen LogP contribution in [-0.2, 0) is 14.8 Å². The SMILES string of the molecule is O=S(=O)(NCC1COCCN1)c1cccs1. The smallest absolute Gasteiger partial charge is 0.250 e. The quantitative estimate of drug-likeness (QED) is 0.802. The maximum atomic E-state index is 11.8. The van der Waals surface area contributed by atoms with Gasteiger partial charge in [0.25, 0.3) is 0 Å². The molecular formula is C9H14N2O3S2. The van der Waals surface area contributed by atoms with Gasteiger partial charge < -0.3 is 10.1 Å². The molecule has 0 spiro atoms. The Morgan fingerprint density at radius 3 is 3.12 bits per heavy atom. The van der Waals surface area contributed by atoms with Gasteiger partial charge >= 0.3 is 0 Å². The molecule has 1 aliphatic rings. The highest BCUT2D eigenvalue weighted by molar-refractivity contribution is 7.91. The minimum Gasteiger partial charge on any atom is -0.378 e. The molecule has 1 fully saturated rings. The van der Waals surface area contributed by atoms with Gasteiger partial charge in [0.05, 0.1) is 13.2 Å². The van der Waals surface area contributed by atoms with E-state index in [0.717, 1.165) is 6.54 Å². The van der Waals surface area contributed by atoms with E-state index >= 15 is 0 Å². The second kappa shape index (κ2) is 5.24. The number of hydrogen-bond acceptors (Lipinski definition) is 5. The lowest BCUT2D eigenvalue weighted by Crippen LogP contribution is -2.48. The Bertz CT molecular complexity index is 410. The molecule has 1 saturated heterocycles. The molecule has 0 bridgehead atoms. The second-order valence-electron chi connectivity index (χ2n) is 3.51. The zero-order valence-electron chi connectivity index (χ0n) is 8.68. The summed E-state index contributed by atoms with van der Waals surface area (Å²) >= 11 is 1.21. The number of rotatable bonds is 4. The number of nitrogens with one attached hydrogen (secondary N) is 2. The summed E-state index contributed by atoms with van der Waals surface area (Å²) in [6.45, 7) is 2.37. The maximum Gasteiger partial charge on any atom is 0.250 e. The molecule has 0 radical (unpaired) electrons. The van der Waals surface area contributed by atoms with Crippen LogP contribution >= 0.6 is 11.3 Å². The van der Waals surface area contributed by atoms with Crippen LogP contribution in [0.2, 0.25) is 0 Å². The highest BCUT2D eigenvalue weighted by Crippen LogP contribution is 2.15. The lowest BCUT2D eigenvalue weighted by Gasteiger charge is -2.23. The zero-order valence-corrected chi connectivity index (χ0v) is 10.3. The van der Waals surface area contributed by atoms with E-state index in [2.05, 4.69) is 10.0 Å². The summed E-state index contributed by atoms with van der Waals surface area (Å²) in [7, 11) is -3.34. The van der Waals surface area contributed by atoms with Crippen molar-refractivity contribution in [1.29, 1.82) is 0 Å². The minimum absolute atomic E-state index is 0.0588. The van der Waals surface area contributed by atoms with Crippen LogP contribution in [0.3, 0.4) is 0 Å². The van der Waals surface area contributed by atoms with Gasteiger partial charge in [-0.3, -0.25) is 0 Å². The number of thiophene rings is 1. The van der Waals surface area contributed by atoms with E-state index in [0.29, 0.717) is 24.0 Å². The molecular weight excluding hydrogens is 248 g/mol. The minimum atomic E-state index is -3.34.